The van der Waals surface area contributed by atoms with Crippen LogP contribution in [-0.4, -0.2) is 6.04 Å². The number of halogens is 2. The molecule has 1 aromatic rings. The van der Waals surface area contributed by atoms with Crippen LogP contribution < -0.4 is 5.73 Å². The summed E-state index contributed by atoms with van der Waals surface area (Å²) in [5, 5.41) is 1.21. The maximum Gasteiger partial charge on any atom is 0.0624 e. The molecule has 1 nitrogen and oxygen atoms in total. The molecule has 1 rings (SSSR count). The van der Waals surface area contributed by atoms with Gasteiger partial charge < -0.3 is 5.73 Å². The molecule has 0 saturated carbocycles. The Balaban J connectivity index is 2.92. The van der Waals surface area contributed by atoms with Gasteiger partial charge in [-0.2, -0.15) is 0 Å². The Hall–Kier alpha value is -0.240. The first kappa shape index (κ1) is 9.85. The van der Waals surface area contributed by atoms with Crippen molar-refractivity contribution in [1.82, 2.24) is 0 Å². The summed E-state index contributed by atoms with van der Waals surface area (Å²) < 4.78 is 0. The summed E-state index contributed by atoms with van der Waals surface area (Å²) in [5.74, 6) is 0. The van der Waals surface area contributed by atoms with Crippen LogP contribution in [0.15, 0.2) is 18.2 Å². The van der Waals surface area contributed by atoms with E-state index in [4.69, 9.17) is 28.9 Å². The Morgan fingerprint density at radius 1 is 1.42 bits per heavy atom. The SMILES string of the molecule is C[C@H](N)Cc1cccc(Cl)c1Cl. The molecule has 66 valence electrons. The van der Waals surface area contributed by atoms with Crippen molar-refractivity contribution in [2.24, 2.45) is 5.73 Å². The third-order valence-corrected chi connectivity index (χ3v) is 2.43. The molecule has 0 aliphatic rings. The van der Waals surface area contributed by atoms with E-state index in [0.717, 1.165) is 12.0 Å². The minimum Gasteiger partial charge on any atom is -0.328 e. The predicted octanol–water partition coefficient (Wildman–Crippen LogP) is 2.88. The van der Waals surface area contributed by atoms with Gasteiger partial charge in [0.25, 0.3) is 0 Å². The molecule has 0 aliphatic heterocycles. The molecule has 0 aliphatic carbocycles. The highest BCUT2D eigenvalue weighted by Gasteiger charge is 2.05. The van der Waals surface area contributed by atoms with Crippen molar-refractivity contribution in [3.63, 3.8) is 0 Å². The van der Waals surface area contributed by atoms with Gasteiger partial charge in [0.1, 0.15) is 0 Å². The van der Waals surface area contributed by atoms with Crippen molar-refractivity contribution in [3.8, 4) is 0 Å². The number of hydrogen-bond acceptors (Lipinski definition) is 1. The second-order valence-corrected chi connectivity index (χ2v) is 3.68. The molecule has 0 saturated heterocycles. The van der Waals surface area contributed by atoms with Crippen molar-refractivity contribution in [2.75, 3.05) is 0 Å². The second-order valence-electron chi connectivity index (χ2n) is 2.89. The van der Waals surface area contributed by atoms with Crippen molar-refractivity contribution in [3.05, 3.63) is 33.8 Å². The van der Waals surface area contributed by atoms with Crippen LogP contribution in [0.5, 0.6) is 0 Å². The van der Waals surface area contributed by atoms with E-state index in [1.165, 1.54) is 0 Å². The van der Waals surface area contributed by atoms with Crippen LogP contribution in [-0.2, 0) is 6.42 Å². The first-order valence-corrected chi connectivity index (χ1v) is 4.55. The summed E-state index contributed by atoms with van der Waals surface area (Å²) in [6, 6.07) is 5.71. The van der Waals surface area contributed by atoms with Crippen LogP contribution >= 0.6 is 23.2 Å². The molecule has 0 spiro atoms. The van der Waals surface area contributed by atoms with Crippen molar-refractivity contribution in [2.45, 2.75) is 19.4 Å². The third kappa shape index (κ3) is 2.37. The first-order valence-electron chi connectivity index (χ1n) is 3.79. The van der Waals surface area contributed by atoms with E-state index in [1.807, 2.05) is 19.1 Å². The van der Waals surface area contributed by atoms with Gasteiger partial charge in [0, 0.05) is 6.04 Å². The number of hydrogen-bond donors (Lipinski definition) is 1. The Morgan fingerprint density at radius 2 is 2.08 bits per heavy atom. The summed E-state index contributed by atoms with van der Waals surface area (Å²) >= 11 is 11.8. The van der Waals surface area contributed by atoms with Crippen LogP contribution in [0, 0.1) is 0 Å². The highest BCUT2D eigenvalue weighted by atomic mass is 35.5. The summed E-state index contributed by atoms with van der Waals surface area (Å²) in [6.07, 6.45) is 0.763. The van der Waals surface area contributed by atoms with Crippen molar-refractivity contribution in [1.29, 1.82) is 0 Å². The van der Waals surface area contributed by atoms with Gasteiger partial charge in [0.15, 0.2) is 0 Å². The minimum absolute atomic E-state index is 0.112. The summed E-state index contributed by atoms with van der Waals surface area (Å²) in [5.41, 5.74) is 6.65. The van der Waals surface area contributed by atoms with Gasteiger partial charge in [0.05, 0.1) is 10.0 Å². The molecule has 1 atom stereocenters. The molecule has 3 heteroatoms. The van der Waals surface area contributed by atoms with Crippen LogP contribution in [0.2, 0.25) is 10.0 Å². The molecule has 0 amide bonds. The smallest absolute Gasteiger partial charge is 0.0624 e. The Bertz CT molecular complexity index is 271. The van der Waals surface area contributed by atoms with E-state index < -0.39 is 0 Å². The summed E-state index contributed by atoms with van der Waals surface area (Å²) in [4.78, 5) is 0. The molecule has 0 fully saturated rings. The maximum atomic E-state index is 5.95. The Kier molecular flexibility index (Phi) is 3.39. The van der Waals surface area contributed by atoms with Gasteiger partial charge in [-0.1, -0.05) is 35.3 Å². The van der Waals surface area contributed by atoms with Gasteiger partial charge in [-0.25, -0.2) is 0 Å². The molecular formula is C9H11Cl2N. The van der Waals surface area contributed by atoms with E-state index in [1.54, 1.807) is 6.07 Å². The summed E-state index contributed by atoms with van der Waals surface area (Å²) in [7, 11) is 0. The lowest BCUT2D eigenvalue weighted by Crippen LogP contribution is -2.17. The molecule has 0 aromatic heterocycles. The Morgan fingerprint density at radius 3 is 2.67 bits per heavy atom. The van der Waals surface area contributed by atoms with Crippen LogP contribution in [0.3, 0.4) is 0 Å². The van der Waals surface area contributed by atoms with Crippen molar-refractivity contribution >= 4 is 23.2 Å². The number of nitrogens with two attached hydrogens (primary N) is 1. The van der Waals surface area contributed by atoms with Gasteiger partial charge >= 0.3 is 0 Å². The first-order chi connectivity index (χ1) is 5.61. The highest BCUT2D eigenvalue weighted by Crippen LogP contribution is 2.25. The van der Waals surface area contributed by atoms with E-state index >= 15 is 0 Å². The topological polar surface area (TPSA) is 26.0 Å². The van der Waals surface area contributed by atoms with Crippen LogP contribution in [0.1, 0.15) is 12.5 Å². The summed E-state index contributed by atoms with van der Waals surface area (Å²) in [6.45, 7) is 1.94. The molecular weight excluding hydrogens is 193 g/mol. The van der Waals surface area contributed by atoms with E-state index in [0.29, 0.717) is 10.0 Å². The minimum atomic E-state index is 0.112. The molecule has 0 heterocycles. The predicted molar refractivity (Wildman–Crippen MR) is 53.8 cm³/mol. The fourth-order valence-corrected chi connectivity index (χ4v) is 1.45. The van der Waals surface area contributed by atoms with Gasteiger partial charge in [-0.15, -0.1) is 0 Å². The van der Waals surface area contributed by atoms with Gasteiger partial charge in [0.2, 0.25) is 0 Å². The molecule has 1 aromatic carbocycles. The van der Waals surface area contributed by atoms with Crippen LogP contribution in [0.25, 0.3) is 0 Å². The quantitative estimate of drug-likeness (QED) is 0.787. The maximum absolute atomic E-state index is 5.95. The fraction of sp³-hybridized carbons (Fsp3) is 0.333. The van der Waals surface area contributed by atoms with Gasteiger partial charge in [-0.3, -0.25) is 0 Å². The molecule has 0 bridgehead atoms. The third-order valence-electron chi connectivity index (χ3n) is 1.57. The standard InChI is InChI=1S/C9H11Cl2N/c1-6(12)5-7-3-2-4-8(10)9(7)11/h2-4,6H,5,12H2,1H3/t6-/m0/s1. The van der Waals surface area contributed by atoms with Crippen molar-refractivity contribution < 1.29 is 0 Å². The Labute approximate surface area is 82.5 Å². The highest BCUT2D eigenvalue weighted by molar-refractivity contribution is 6.42. The molecule has 12 heavy (non-hydrogen) atoms. The number of rotatable bonds is 2. The zero-order valence-corrected chi connectivity index (χ0v) is 8.36. The molecule has 0 unspecified atom stereocenters. The van der Waals surface area contributed by atoms with Gasteiger partial charge in [-0.05, 0) is 25.0 Å². The van der Waals surface area contributed by atoms with Crippen LogP contribution in [0.4, 0.5) is 0 Å². The van der Waals surface area contributed by atoms with E-state index in [2.05, 4.69) is 0 Å². The fourth-order valence-electron chi connectivity index (χ4n) is 1.05. The lowest BCUT2D eigenvalue weighted by Gasteiger charge is -2.07. The van der Waals surface area contributed by atoms with E-state index in [-0.39, 0.29) is 6.04 Å². The lowest BCUT2D eigenvalue weighted by atomic mass is 10.1. The average molecular weight is 204 g/mol. The zero-order valence-electron chi connectivity index (χ0n) is 6.85. The largest absolute Gasteiger partial charge is 0.328 e. The number of benzene rings is 1. The monoisotopic (exact) mass is 203 g/mol. The normalized spacial score (nSPS) is 13.0. The second kappa shape index (κ2) is 4.13. The molecule has 0 radical (unpaired) electrons. The molecule has 2 N–H and O–H groups in total. The zero-order chi connectivity index (χ0) is 9.14. The van der Waals surface area contributed by atoms with E-state index in [9.17, 15) is 0 Å². The lowest BCUT2D eigenvalue weighted by molar-refractivity contribution is 0.738. The average Bonchev–Trinajstić information content (AvgIpc) is 1.98.